The average molecular weight is 430 g/mol. The van der Waals surface area contributed by atoms with Gasteiger partial charge in [0, 0.05) is 23.9 Å². The molecule has 31 heavy (non-hydrogen) atoms. The number of nitrogens with one attached hydrogen (secondary N) is 1. The lowest BCUT2D eigenvalue weighted by Gasteiger charge is -2.13. The molecule has 5 nitrogen and oxygen atoms in total. The fraction of sp³-hybridized carbons (Fsp3) is 0.318. The number of pyridine rings is 1. The normalized spacial score (nSPS) is 18.1. The van der Waals surface area contributed by atoms with Crippen molar-refractivity contribution in [2.75, 3.05) is 0 Å². The minimum absolute atomic E-state index is 0.268. The van der Waals surface area contributed by atoms with E-state index in [0.717, 1.165) is 30.7 Å². The molecule has 1 N–H and O–H groups in total. The second-order valence-corrected chi connectivity index (χ2v) is 7.97. The highest BCUT2D eigenvalue weighted by molar-refractivity contribution is 5.94. The molecule has 0 bridgehead atoms. The van der Waals surface area contributed by atoms with Gasteiger partial charge in [-0.3, -0.25) is 14.5 Å². The van der Waals surface area contributed by atoms with Crippen LogP contribution >= 0.6 is 0 Å². The number of hydrogen-bond acceptors (Lipinski definition) is 3. The largest absolute Gasteiger partial charge is 0.433 e. The molecule has 2 aromatic heterocycles. The van der Waals surface area contributed by atoms with Crippen molar-refractivity contribution in [3.8, 4) is 11.3 Å². The van der Waals surface area contributed by atoms with Crippen molar-refractivity contribution in [2.45, 2.75) is 43.9 Å². The minimum atomic E-state index is -4.54. The molecule has 1 fully saturated rings. The molecule has 1 aliphatic carbocycles. The van der Waals surface area contributed by atoms with Gasteiger partial charge < -0.3 is 5.32 Å². The number of nitrogens with zero attached hydrogens (tertiary/aromatic N) is 3. The van der Waals surface area contributed by atoms with Crippen LogP contribution in [-0.4, -0.2) is 20.7 Å². The predicted molar refractivity (Wildman–Crippen MR) is 104 cm³/mol. The second kappa shape index (κ2) is 7.18. The number of rotatable bonds is 4. The summed E-state index contributed by atoms with van der Waals surface area (Å²) in [5, 5.41) is 7.29. The summed E-state index contributed by atoms with van der Waals surface area (Å²) in [5.41, 5.74) is 1.50. The van der Waals surface area contributed by atoms with E-state index in [1.807, 2.05) is 0 Å². The van der Waals surface area contributed by atoms with E-state index in [0.29, 0.717) is 35.8 Å². The molecule has 5 rings (SSSR count). The van der Waals surface area contributed by atoms with E-state index in [1.165, 1.54) is 18.2 Å². The van der Waals surface area contributed by atoms with Crippen molar-refractivity contribution in [1.82, 2.24) is 20.1 Å². The van der Waals surface area contributed by atoms with Gasteiger partial charge in [0.2, 0.25) is 0 Å². The van der Waals surface area contributed by atoms with E-state index in [4.69, 9.17) is 0 Å². The summed E-state index contributed by atoms with van der Waals surface area (Å²) >= 11 is 0. The van der Waals surface area contributed by atoms with E-state index >= 15 is 0 Å². The van der Waals surface area contributed by atoms with Gasteiger partial charge in [-0.05, 0) is 67.1 Å². The van der Waals surface area contributed by atoms with E-state index in [2.05, 4.69) is 15.4 Å². The number of hydrogen-bond donors (Lipinski definition) is 1. The maximum Gasteiger partial charge on any atom is 0.433 e. The monoisotopic (exact) mass is 430 g/mol. The van der Waals surface area contributed by atoms with Crippen molar-refractivity contribution in [2.24, 2.45) is 0 Å². The lowest BCUT2D eigenvalue weighted by Crippen LogP contribution is -2.27. The molecule has 0 saturated heterocycles. The molecule has 160 valence electrons. The van der Waals surface area contributed by atoms with Crippen molar-refractivity contribution in [3.63, 3.8) is 0 Å². The van der Waals surface area contributed by atoms with Crippen LogP contribution in [-0.2, 0) is 12.7 Å². The van der Waals surface area contributed by atoms with Gasteiger partial charge in [0.1, 0.15) is 11.5 Å². The highest BCUT2D eigenvalue weighted by Gasteiger charge is 2.33. The molecule has 3 aromatic rings. The first-order valence-corrected chi connectivity index (χ1v) is 10.0. The van der Waals surface area contributed by atoms with Crippen molar-refractivity contribution in [1.29, 1.82) is 0 Å². The van der Waals surface area contributed by atoms with E-state index < -0.39 is 17.7 Å². The molecule has 1 aliphatic heterocycles. The quantitative estimate of drug-likeness (QED) is 0.602. The molecule has 1 atom stereocenters. The molecule has 9 heteroatoms. The van der Waals surface area contributed by atoms with E-state index in [9.17, 15) is 22.4 Å². The summed E-state index contributed by atoms with van der Waals surface area (Å²) < 4.78 is 54.5. The Hall–Kier alpha value is -3.23. The van der Waals surface area contributed by atoms with E-state index in [1.54, 1.807) is 16.8 Å². The van der Waals surface area contributed by atoms with Crippen LogP contribution in [0.2, 0.25) is 0 Å². The molecule has 1 saturated carbocycles. The fourth-order valence-electron chi connectivity index (χ4n) is 3.96. The summed E-state index contributed by atoms with van der Waals surface area (Å²) in [6.45, 7) is 0.522. The number of carbonyl (C=O) groups excluding carboxylic acids is 1. The molecule has 0 radical (unpaired) electrons. The Bertz CT molecular complexity index is 1170. The third-order valence-corrected chi connectivity index (χ3v) is 5.68. The van der Waals surface area contributed by atoms with Crippen LogP contribution in [0.3, 0.4) is 0 Å². The van der Waals surface area contributed by atoms with Gasteiger partial charge in [0.25, 0.3) is 5.91 Å². The third kappa shape index (κ3) is 3.92. The van der Waals surface area contributed by atoms with Gasteiger partial charge >= 0.3 is 6.18 Å². The zero-order valence-corrected chi connectivity index (χ0v) is 16.3. The fourth-order valence-corrected chi connectivity index (χ4v) is 3.96. The number of aromatic nitrogens is 3. The van der Waals surface area contributed by atoms with Crippen LogP contribution in [0.1, 0.15) is 58.5 Å². The maximum absolute atomic E-state index is 14.0. The Morgan fingerprint density at radius 2 is 1.90 bits per heavy atom. The zero-order valence-electron chi connectivity index (χ0n) is 16.3. The van der Waals surface area contributed by atoms with Crippen LogP contribution in [0.4, 0.5) is 17.6 Å². The Kier molecular flexibility index (Phi) is 4.56. The Morgan fingerprint density at radius 1 is 1.10 bits per heavy atom. The third-order valence-electron chi connectivity index (χ3n) is 5.68. The second-order valence-electron chi connectivity index (χ2n) is 7.97. The van der Waals surface area contributed by atoms with Crippen LogP contribution in [0.25, 0.3) is 11.3 Å². The molecule has 0 spiro atoms. The Balaban J connectivity index is 1.37. The number of alkyl halides is 3. The van der Waals surface area contributed by atoms with Gasteiger partial charge in [-0.1, -0.05) is 0 Å². The molecule has 1 amide bonds. The topological polar surface area (TPSA) is 59.8 Å². The Labute approximate surface area is 175 Å². The van der Waals surface area contributed by atoms with Gasteiger partial charge in [0.15, 0.2) is 0 Å². The first kappa shape index (κ1) is 19.7. The summed E-state index contributed by atoms with van der Waals surface area (Å²) in [4.78, 5) is 16.1. The number of fused-ring (bicyclic) bond motifs is 1. The standard InChI is InChI=1S/C22H18F4N4O/c23-16-8-14(12-1-2-12)7-15(9-16)21(31)28-17-4-6-30-19(17)11-18(29-30)13-3-5-27-20(10-13)22(24,25)26/h3,5,7-12,17H,1-2,4,6H2,(H,28,31)/t17-/m0/s1. The van der Waals surface area contributed by atoms with Crippen LogP contribution in [0, 0.1) is 5.82 Å². The molecule has 2 aliphatic rings. The molecular weight excluding hydrogens is 412 g/mol. The van der Waals surface area contributed by atoms with Gasteiger partial charge in [0.05, 0.1) is 17.4 Å². The highest BCUT2D eigenvalue weighted by atomic mass is 19.4. The highest BCUT2D eigenvalue weighted by Crippen LogP contribution is 2.40. The molecule has 3 heterocycles. The zero-order chi connectivity index (χ0) is 21.8. The maximum atomic E-state index is 14.0. The lowest BCUT2D eigenvalue weighted by atomic mass is 10.1. The SMILES string of the molecule is O=C(N[C@H]1CCn2nc(-c3ccnc(C(F)(F)F)c3)cc21)c1cc(F)cc(C2CC2)c1. The average Bonchev–Trinajstić information content (AvgIpc) is 3.39. The van der Waals surface area contributed by atoms with Gasteiger partial charge in [-0.15, -0.1) is 0 Å². The number of halogens is 4. The Morgan fingerprint density at radius 3 is 2.65 bits per heavy atom. The summed E-state index contributed by atoms with van der Waals surface area (Å²) in [7, 11) is 0. The number of amides is 1. The number of benzene rings is 1. The number of aryl methyl sites for hydroxylation is 1. The number of carbonyl (C=O) groups is 1. The van der Waals surface area contributed by atoms with Gasteiger partial charge in [-0.2, -0.15) is 18.3 Å². The van der Waals surface area contributed by atoms with Crippen LogP contribution in [0.5, 0.6) is 0 Å². The van der Waals surface area contributed by atoms with Crippen molar-refractivity contribution in [3.05, 3.63) is 70.9 Å². The van der Waals surface area contributed by atoms with Crippen molar-refractivity contribution < 1.29 is 22.4 Å². The van der Waals surface area contributed by atoms with Gasteiger partial charge in [-0.25, -0.2) is 4.39 Å². The molecule has 1 aromatic carbocycles. The summed E-state index contributed by atoms with van der Waals surface area (Å²) in [5.74, 6) is -0.503. The first-order chi connectivity index (χ1) is 14.8. The van der Waals surface area contributed by atoms with Crippen LogP contribution in [0.15, 0.2) is 42.6 Å². The molecular formula is C22H18F4N4O. The summed E-state index contributed by atoms with van der Waals surface area (Å²) in [6, 6.07) is 8.15. The van der Waals surface area contributed by atoms with Crippen LogP contribution < -0.4 is 5.32 Å². The summed E-state index contributed by atoms with van der Waals surface area (Å²) in [6.07, 6.45) is -0.841. The van der Waals surface area contributed by atoms with Crippen molar-refractivity contribution >= 4 is 5.91 Å². The smallest absolute Gasteiger partial charge is 0.344 e. The van der Waals surface area contributed by atoms with E-state index in [-0.39, 0.29) is 17.5 Å². The lowest BCUT2D eigenvalue weighted by molar-refractivity contribution is -0.141. The minimum Gasteiger partial charge on any atom is -0.344 e. The first-order valence-electron chi connectivity index (χ1n) is 10.0. The predicted octanol–water partition coefficient (Wildman–Crippen LogP) is 4.86. The molecule has 0 unspecified atom stereocenters.